The number of hydrogen-bond acceptors (Lipinski definition) is 3. The molecule has 0 aliphatic heterocycles. The predicted octanol–water partition coefficient (Wildman–Crippen LogP) is 2.68. The Kier molecular flexibility index (Phi) is 3.63. The quantitative estimate of drug-likeness (QED) is 0.749. The summed E-state index contributed by atoms with van der Waals surface area (Å²) in [4.78, 5) is 4.41. The number of aryl methyl sites for hydroxylation is 1. The first-order chi connectivity index (χ1) is 6.09. The number of rotatable bonds is 4. The largest absolute Gasteiger partial charge is 0.305 e. The second-order valence-electron chi connectivity index (χ2n) is 3.35. The van der Waals surface area contributed by atoms with Gasteiger partial charge in [-0.15, -0.1) is 11.3 Å². The minimum absolute atomic E-state index is 0.321. The van der Waals surface area contributed by atoms with Gasteiger partial charge >= 0.3 is 0 Å². The lowest BCUT2D eigenvalue weighted by Crippen LogP contribution is -2.20. The van der Waals surface area contributed by atoms with E-state index in [1.54, 1.807) is 11.3 Å². The van der Waals surface area contributed by atoms with Gasteiger partial charge in [-0.2, -0.15) is 0 Å². The zero-order valence-electron chi connectivity index (χ0n) is 8.42. The van der Waals surface area contributed by atoms with Crippen molar-refractivity contribution in [1.82, 2.24) is 10.3 Å². The highest BCUT2D eigenvalue weighted by Crippen LogP contribution is 2.15. The van der Waals surface area contributed by atoms with E-state index in [1.807, 2.05) is 13.8 Å². The molecule has 0 radical (unpaired) electrons. The van der Waals surface area contributed by atoms with Crippen molar-refractivity contribution >= 4 is 11.3 Å². The van der Waals surface area contributed by atoms with E-state index in [4.69, 9.17) is 0 Å². The van der Waals surface area contributed by atoms with Crippen LogP contribution in [0.2, 0.25) is 0 Å². The number of hydrogen-bond donors (Lipinski definition) is 1. The van der Waals surface area contributed by atoms with Gasteiger partial charge in [0.25, 0.3) is 0 Å². The zero-order chi connectivity index (χ0) is 9.84. The SMILES string of the molecule is C=C(C)CNC(C)c1csc(C)n1. The van der Waals surface area contributed by atoms with Crippen LogP contribution in [0.4, 0.5) is 0 Å². The summed E-state index contributed by atoms with van der Waals surface area (Å²) in [6.45, 7) is 10.9. The summed E-state index contributed by atoms with van der Waals surface area (Å²) < 4.78 is 0. The molecule has 0 aliphatic carbocycles. The van der Waals surface area contributed by atoms with Crippen molar-refractivity contribution in [2.45, 2.75) is 26.8 Å². The first-order valence-corrected chi connectivity index (χ1v) is 5.27. The molecule has 1 aromatic heterocycles. The summed E-state index contributed by atoms with van der Waals surface area (Å²) in [6, 6.07) is 0.321. The van der Waals surface area contributed by atoms with Crippen LogP contribution in [-0.2, 0) is 0 Å². The molecule has 1 aromatic rings. The standard InChI is InChI=1S/C10H16N2S/c1-7(2)5-11-8(3)10-6-13-9(4)12-10/h6,8,11H,1,5H2,2-4H3. The van der Waals surface area contributed by atoms with Crippen LogP contribution in [0.15, 0.2) is 17.5 Å². The molecule has 1 heterocycles. The first-order valence-electron chi connectivity index (χ1n) is 4.39. The number of nitrogens with one attached hydrogen (secondary N) is 1. The van der Waals surface area contributed by atoms with Crippen LogP contribution >= 0.6 is 11.3 Å². The molecule has 3 heteroatoms. The second-order valence-corrected chi connectivity index (χ2v) is 4.41. The van der Waals surface area contributed by atoms with Crippen LogP contribution in [0.3, 0.4) is 0 Å². The molecule has 1 N–H and O–H groups in total. The van der Waals surface area contributed by atoms with Crippen molar-refractivity contribution in [2.24, 2.45) is 0 Å². The maximum absolute atomic E-state index is 4.41. The summed E-state index contributed by atoms with van der Waals surface area (Å²) in [5.74, 6) is 0. The van der Waals surface area contributed by atoms with Gasteiger partial charge in [0, 0.05) is 18.0 Å². The third-order valence-electron chi connectivity index (χ3n) is 1.79. The van der Waals surface area contributed by atoms with Crippen LogP contribution in [0.5, 0.6) is 0 Å². The van der Waals surface area contributed by atoms with E-state index in [1.165, 1.54) is 0 Å². The summed E-state index contributed by atoms with van der Waals surface area (Å²) >= 11 is 1.69. The smallest absolute Gasteiger partial charge is 0.0898 e. The molecule has 0 amide bonds. The molecule has 72 valence electrons. The summed E-state index contributed by atoms with van der Waals surface area (Å²) in [6.07, 6.45) is 0. The van der Waals surface area contributed by atoms with Gasteiger partial charge in [-0.05, 0) is 20.8 Å². The predicted molar refractivity (Wildman–Crippen MR) is 58.1 cm³/mol. The highest BCUT2D eigenvalue weighted by molar-refractivity contribution is 7.09. The van der Waals surface area contributed by atoms with E-state index >= 15 is 0 Å². The molecular formula is C10H16N2S. The fraction of sp³-hybridized carbons (Fsp3) is 0.500. The summed E-state index contributed by atoms with van der Waals surface area (Å²) in [5, 5.41) is 6.58. The Morgan fingerprint density at radius 1 is 1.77 bits per heavy atom. The Bertz CT molecular complexity index is 291. The number of nitrogens with zero attached hydrogens (tertiary/aromatic N) is 1. The molecule has 2 nitrogen and oxygen atoms in total. The van der Waals surface area contributed by atoms with E-state index in [0.717, 1.165) is 22.8 Å². The van der Waals surface area contributed by atoms with E-state index in [0.29, 0.717) is 6.04 Å². The number of thiazole rings is 1. The highest BCUT2D eigenvalue weighted by Gasteiger charge is 2.06. The van der Waals surface area contributed by atoms with Gasteiger partial charge in [-0.1, -0.05) is 12.2 Å². The molecule has 0 aliphatic rings. The van der Waals surface area contributed by atoms with Crippen LogP contribution in [0.25, 0.3) is 0 Å². The van der Waals surface area contributed by atoms with Crippen LogP contribution < -0.4 is 5.32 Å². The minimum atomic E-state index is 0.321. The van der Waals surface area contributed by atoms with Gasteiger partial charge in [0.2, 0.25) is 0 Å². The van der Waals surface area contributed by atoms with Crippen LogP contribution in [0, 0.1) is 6.92 Å². The maximum Gasteiger partial charge on any atom is 0.0898 e. The molecule has 1 atom stereocenters. The van der Waals surface area contributed by atoms with Gasteiger partial charge < -0.3 is 5.32 Å². The fourth-order valence-electron chi connectivity index (χ4n) is 1.01. The molecule has 1 rings (SSSR count). The van der Waals surface area contributed by atoms with E-state index in [9.17, 15) is 0 Å². The van der Waals surface area contributed by atoms with E-state index in [-0.39, 0.29) is 0 Å². The minimum Gasteiger partial charge on any atom is -0.305 e. The Morgan fingerprint density at radius 3 is 2.92 bits per heavy atom. The van der Waals surface area contributed by atoms with Crippen molar-refractivity contribution < 1.29 is 0 Å². The van der Waals surface area contributed by atoms with E-state index in [2.05, 4.69) is 29.2 Å². The topological polar surface area (TPSA) is 24.9 Å². The Morgan fingerprint density at radius 2 is 2.46 bits per heavy atom. The lowest BCUT2D eigenvalue weighted by Gasteiger charge is -2.10. The maximum atomic E-state index is 4.41. The third-order valence-corrected chi connectivity index (χ3v) is 2.58. The summed E-state index contributed by atoms with van der Waals surface area (Å²) in [7, 11) is 0. The molecule has 0 spiro atoms. The van der Waals surface area contributed by atoms with Crippen molar-refractivity contribution in [3.8, 4) is 0 Å². The molecular weight excluding hydrogens is 180 g/mol. The third kappa shape index (κ3) is 3.28. The lowest BCUT2D eigenvalue weighted by molar-refractivity contribution is 0.594. The zero-order valence-corrected chi connectivity index (χ0v) is 9.24. The Labute approximate surface area is 83.7 Å². The highest BCUT2D eigenvalue weighted by atomic mass is 32.1. The van der Waals surface area contributed by atoms with Crippen molar-refractivity contribution in [3.63, 3.8) is 0 Å². The summed E-state index contributed by atoms with van der Waals surface area (Å²) in [5.41, 5.74) is 2.28. The Balaban J connectivity index is 2.48. The van der Waals surface area contributed by atoms with E-state index < -0.39 is 0 Å². The monoisotopic (exact) mass is 196 g/mol. The Hall–Kier alpha value is -0.670. The van der Waals surface area contributed by atoms with Crippen LogP contribution in [0.1, 0.15) is 30.6 Å². The van der Waals surface area contributed by atoms with Gasteiger partial charge in [-0.25, -0.2) is 4.98 Å². The molecule has 0 bridgehead atoms. The first kappa shape index (κ1) is 10.4. The molecule has 1 unspecified atom stereocenters. The number of aromatic nitrogens is 1. The van der Waals surface area contributed by atoms with Crippen molar-refractivity contribution in [2.75, 3.05) is 6.54 Å². The van der Waals surface area contributed by atoms with Crippen molar-refractivity contribution in [1.29, 1.82) is 0 Å². The molecule has 0 saturated carbocycles. The normalized spacial score (nSPS) is 12.8. The van der Waals surface area contributed by atoms with Crippen molar-refractivity contribution in [3.05, 3.63) is 28.2 Å². The average molecular weight is 196 g/mol. The molecule has 0 aromatic carbocycles. The molecule has 0 saturated heterocycles. The van der Waals surface area contributed by atoms with Gasteiger partial charge in [-0.3, -0.25) is 0 Å². The van der Waals surface area contributed by atoms with Gasteiger partial charge in [0.1, 0.15) is 0 Å². The van der Waals surface area contributed by atoms with Gasteiger partial charge in [0.15, 0.2) is 0 Å². The lowest BCUT2D eigenvalue weighted by atomic mass is 10.2. The molecule has 13 heavy (non-hydrogen) atoms. The fourth-order valence-corrected chi connectivity index (χ4v) is 1.72. The van der Waals surface area contributed by atoms with Gasteiger partial charge in [0.05, 0.1) is 10.7 Å². The average Bonchev–Trinajstić information content (AvgIpc) is 2.47. The molecule has 0 fully saturated rings. The second kappa shape index (κ2) is 4.53. The van der Waals surface area contributed by atoms with Crippen LogP contribution in [-0.4, -0.2) is 11.5 Å².